The summed E-state index contributed by atoms with van der Waals surface area (Å²) in [6.07, 6.45) is -4.66. The molecule has 0 fully saturated rings. The SMILES string of the molecule is CN(C)C(CNC(=O)CNS(=O)(=O)c1cccc(C(F)(F)F)c1)c1cccs1. The zero-order valence-corrected chi connectivity index (χ0v) is 16.8. The van der Waals surface area contributed by atoms with E-state index in [1.54, 1.807) is 0 Å². The zero-order chi connectivity index (χ0) is 20.9. The van der Waals surface area contributed by atoms with E-state index in [0.29, 0.717) is 6.07 Å². The first-order valence-electron chi connectivity index (χ1n) is 8.14. The van der Waals surface area contributed by atoms with Crippen LogP contribution in [-0.4, -0.2) is 46.4 Å². The van der Waals surface area contributed by atoms with Crippen molar-refractivity contribution in [3.05, 3.63) is 52.2 Å². The number of likely N-dealkylation sites (N-methyl/N-ethyl adjacent to an activating group) is 1. The number of benzene rings is 1. The predicted molar refractivity (Wildman–Crippen MR) is 100 cm³/mol. The molecule has 2 rings (SSSR count). The van der Waals surface area contributed by atoms with Crippen molar-refractivity contribution in [2.45, 2.75) is 17.1 Å². The lowest BCUT2D eigenvalue weighted by molar-refractivity contribution is -0.137. The van der Waals surface area contributed by atoms with E-state index < -0.39 is 39.1 Å². The fourth-order valence-corrected chi connectivity index (χ4v) is 4.33. The van der Waals surface area contributed by atoms with Gasteiger partial charge in [-0.3, -0.25) is 4.79 Å². The Morgan fingerprint density at radius 1 is 1.21 bits per heavy atom. The molecule has 1 heterocycles. The Kier molecular flexibility index (Phi) is 7.21. The molecule has 11 heteroatoms. The van der Waals surface area contributed by atoms with Crippen LogP contribution in [0.4, 0.5) is 13.2 Å². The maximum absolute atomic E-state index is 12.7. The quantitative estimate of drug-likeness (QED) is 0.668. The molecule has 0 aliphatic heterocycles. The molecule has 0 saturated heterocycles. The summed E-state index contributed by atoms with van der Waals surface area (Å²) in [5.74, 6) is -0.584. The van der Waals surface area contributed by atoms with E-state index in [4.69, 9.17) is 0 Å². The number of carbonyl (C=O) groups excluding carboxylic acids is 1. The Bertz CT molecular complexity index is 898. The maximum Gasteiger partial charge on any atom is 0.416 e. The first-order valence-corrected chi connectivity index (χ1v) is 10.5. The van der Waals surface area contributed by atoms with E-state index in [2.05, 4.69) is 5.32 Å². The molecule has 0 aliphatic carbocycles. The summed E-state index contributed by atoms with van der Waals surface area (Å²) in [5.41, 5.74) is -1.08. The van der Waals surface area contributed by atoms with Crippen LogP contribution < -0.4 is 10.0 Å². The molecule has 1 amide bonds. The molecule has 0 spiro atoms. The number of thiophene rings is 1. The highest BCUT2D eigenvalue weighted by molar-refractivity contribution is 7.89. The largest absolute Gasteiger partial charge is 0.416 e. The van der Waals surface area contributed by atoms with E-state index in [1.807, 2.05) is 41.2 Å². The van der Waals surface area contributed by atoms with Crippen molar-refractivity contribution in [3.63, 3.8) is 0 Å². The van der Waals surface area contributed by atoms with Gasteiger partial charge in [-0.25, -0.2) is 13.1 Å². The maximum atomic E-state index is 12.7. The van der Waals surface area contributed by atoms with Gasteiger partial charge in [0, 0.05) is 11.4 Å². The number of halogens is 3. The number of nitrogens with zero attached hydrogens (tertiary/aromatic N) is 1. The van der Waals surface area contributed by atoms with Crippen LogP contribution in [0.2, 0.25) is 0 Å². The van der Waals surface area contributed by atoms with Gasteiger partial charge in [0.2, 0.25) is 15.9 Å². The van der Waals surface area contributed by atoms with Crippen LogP contribution in [0.25, 0.3) is 0 Å². The highest BCUT2D eigenvalue weighted by Gasteiger charge is 2.31. The second kappa shape index (κ2) is 9.03. The minimum Gasteiger partial charge on any atom is -0.353 e. The number of sulfonamides is 1. The number of carbonyl (C=O) groups is 1. The first kappa shape index (κ1) is 22.3. The van der Waals surface area contributed by atoms with Crippen molar-refractivity contribution in [1.82, 2.24) is 14.9 Å². The molecule has 28 heavy (non-hydrogen) atoms. The van der Waals surface area contributed by atoms with Gasteiger partial charge < -0.3 is 10.2 Å². The summed E-state index contributed by atoms with van der Waals surface area (Å²) in [7, 11) is -0.547. The summed E-state index contributed by atoms with van der Waals surface area (Å²) in [5, 5.41) is 4.54. The minimum absolute atomic E-state index is 0.0796. The molecule has 1 aromatic carbocycles. The minimum atomic E-state index is -4.66. The molecule has 6 nitrogen and oxygen atoms in total. The van der Waals surface area contributed by atoms with Gasteiger partial charge in [0.15, 0.2) is 0 Å². The van der Waals surface area contributed by atoms with Gasteiger partial charge in [0.05, 0.1) is 23.0 Å². The molecular weight excluding hydrogens is 415 g/mol. The van der Waals surface area contributed by atoms with E-state index in [9.17, 15) is 26.4 Å². The van der Waals surface area contributed by atoms with E-state index in [-0.39, 0.29) is 12.6 Å². The van der Waals surface area contributed by atoms with Crippen LogP contribution in [0.5, 0.6) is 0 Å². The third-order valence-electron chi connectivity index (χ3n) is 3.88. The Morgan fingerprint density at radius 3 is 2.50 bits per heavy atom. The normalized spacial score (nSPS) is 13.5. The second-order valence-electron chi connectivity index (χ2n) is 6.15. The number of hydrogen-bond donors (Lipinski definition) is 2. The molecule has 0 saturated carbocycles. The third-order valence-corrected chi connectivity index (χ3v) is 6.25. The van der Waals surface area contributed by atoms with Crippen molar-refractivity contribution >= 4 is 27.3 Å². The third kappa shape index (κ3) is 6.03. The molecule has 0 bridgehead atoms. The summed E-state index contributed by atoms with van der Waals surface area (Å²) in [4.78, 5) is 14.4. The van der Waals surface area contributed by atoms with Gasteiger partial charge in [-0.1, -0.05) is 12.1 Å². The van der Waals surface area contributed by atoms with E-state index in [0.717, 1.165) is 23.1 Å². The summed E-state index contributed by atoms with van der Waals surface area (Å²) in [6.45, 7) is -0.319. The summed E-state index contributed by atoms with van der Waals surface area (Å²) >= 11 is 1.53. The van der Waals surface area contributed by atoms with Gasteiger partial charge in [0.25, 0.3) is 0 Å². The fraction of sp³-hybridized carbons (Fsp3) is 0.353. The van der Waals surface area contributed by atoms with Crippen molar-refractivity contribution in [2.75, 3.05) is 27.2 Å². The standard InChI is InChI=1S/C17H20F3N3O3S2/c1-23(2)14(15-7-4-8-27-15)10-21-16(24)11-22-28(25,26)13-6-3-5-12(9-13)17(18,19)20/h3-9,14,22H,10-11H2,1-2H3,(H,21,24). The number of rotatable bonds is 8. The fourth-order valence-electron chi connectivity index (χ4n) is 2.38. The molecule has 154 valence electrons. The van der Waals surface area contributed by atoms with E-state index in [1.165, 1.54) is 11.3 Å². The van der Waals surface area contributed by atoms with Crippen molar-refractivity contribution in [2.24, 2.45) is 0 Å². The van der Waals surface area contributed by atoms with Gasteiger partial charge in [0.1, 0.15) is 0 Å². The molecule has 2 aromatic rings. The average Bonchev–Trinajstić information content (AvgIpc) is 3.13. The highest BCUT2D eigenvalue weighted by Crippen LogP contribution is 2.30. The molecule has 1 atom stereocenters. The molecular formula is C17H20F3N3O3S2. The number of hydrogen-bond acceptors (Lipinski definition) is 5. The first-order chi connectivity index (χ1) is 13.0. The highest BCUT2D eigenvalue weighted by atomic mass is 32.2. The second-order valence-corrected chi connectivity index (χ2v) is 8.90. The topological polar surface area (TPSA) is 78.5 Å². The Labute approximate surface area is 165 Å². The lowest BCUT2D eigenvalue weighted by Crippen LogP contribution is -2.40. The number of nitrogens with one attached hydrogen (secondary N) is 2. The molecule has 1 unspecified atom stereocenters. The smallest absolute Gasteiger partial charge is 0.353 e. The van der Waals surface area contributed by atoms with Crippen LogP contribution >= 0.6 is 11.3 Å². The predicted octanol–water partition coefficient (Wildman–Crippen LogP) is 2.46. The lowest BCUT2D eigenvalue weighted by Gasteiger charge is -2.23. The van der Waals surface area contributed by atoms with E-state index >= 15 is 0 Å². The average molecular weight is 435 g/mol. The molecule has 1 aromatic heterocycles. The van der Waals surface area contributed by atoms with Crippen molar-refractivity contribution < 1.29 is 26.4 Å². The van der Waals surface area contributed by atoms with Gasteiger partial charge in [-0.15, -0.1) is 11.3 Å². The van der Waals surface area contributed by atoms with Crippen LogP contribution in [0.1, 0.15) is 16.5 Å². The summed E-state index contributed by atoms with van der Waals surface area (Å²) < 4.78 is 64.6. The number of alkyl halides is 3. The zero-order valence-electron chi connectivity index (χ0n) is 15.2. The van der Waals surface area contributed by atoms with Crippen LogP contribution in [-0.2, 0) is 21.0 Å². The number of amides is 1. The van der Waals surface area contributed by atoms with Gasteiger partial charge in [-0.05, 0) is 43.7 Å². The van der Waals surface area contributed by atoms with Crippen LogP contribution in [0.3, 0.4) is 0 Å². The molecule has 0 aliphatic rings. The molecule has 2 N–H and O–H groups in total. The van der Waals surface area contributed by atoms with Gasteiger partial charge >= 0.3 is 6.18 Å². The van der Waals surface area contributed by atoms with Gasteiger partial charge in [-0.2, -0.15) is 13.2 Å². The molecule has 0 radical (unpaired) electrons. The lowest BCUT2D eigenvalue weighted by atomic mass is 10.2. The Hall–Kier alpha value is -1.95. The Morgan fingerprint density at radius 2 is 1.93 bits per heavy atom. The monoisotopic (exact) mass is 435 g/mol. The van der Waals surface area contributed by atoms with Crippen LogP contribution in [0, 0.1) is 0 Å². The van der Waals surface area contributed by atoms with Crippen molar-refractivity contribution in [3.8, 4) is 0 Å². The van der Waals surface area contributed by atoms with Crippen molar-refractivity contribution in [1.29, 1.82) is 0 Å². The Balaban J connectivity index is 1.96. The summed E-state index contributed by atoms with van der Waals surface area (Å²) in [6, 6.07) is 7.08. The van der Waals surface area contributed by atoms with Crippen LogP contribution in [0.15, 0.2) is 46.7 Å².